The second-order valence-electron chi connectivity index (χ2n) is 6.44. The first-order valence-electron chi connectivity index (χ1n) is 7.56. The molecule has 0 aliphatic carbocycles. The number of nitrogens with zero attached hydrogens (tertiary/aromatic N) is 1. The highest BCUT2D eigenvalue weighted by molar-refractivity contribution is 7.84. The van der Waals surface area contributed by atoms with Crippen LogP contribution in [0.2, 0.25) is 0 Å². The monoisotopic (exact) mass is 354 g/mol. The fraction of sp³-hybridized carbons (Fsp3) is 0.438. The molecule has 0 unspecified atom stereocenters. The van der Waals surface area contributed by atoms with Crippen molar-refractivity contribution < 1.29 is 22.1 Å². The van der Waals surface area contributed by atoms with E-state index in [0.717, 1.165) is 16.5 Å². The molecule has 0 fully saturated rings. The Kier molecular flexibility index (Phi) is 5.32. The zero-order valence-electron chi connectivity index (χ0n) is 14.0. The smallest absolute Gasteiger partial charge is 0.419 e. The molecule has 0 spiro atoms. The first-order chi connectivity index (χ1) is 11.1. The number of aryl methyl sites for hydroxylation is 1. The SMILES string of the molecule is CC(C)(C)OC(=O)n1cc(CCCOS(N)(=O)=O)c2ccccc21. The standard InChI is InChI=1S/C16H22N2O5S/c1-16(2,3)23-15(19)18-11-12(7-6-10-22-24(17,20)21)13-8-4-5-9-14(13)18/h4-5,8-9,11H,6-7,10H2,1-3H3,(H2,17,20,21). The normalized spacial score (nSPS) is 12.5. The maximum Gasteiger partial charge on any atom is 0.419 e. The number of carbonyl (C=O) groups is 1. The maximum atomic E-state index is 12.4. The van der Waals surface area contributed by atoms with Gasteiger partial charge in [0.1, 0.15) is 5.60 Å². The van der Waals surface area contributed by atoms with Gasteiger partial charge in [0, 0.05) is 11.6 Å². The molecule has 0 bridgehead atoms. The zero-order valence-corrected chi connectivity index (χ0v) is 14.8. The van der Waals surface area contributed by atoms with Crippen molar-refractivity contribution in [1.29, 1.82) is 0 Å². The average Bonchev–Trinajstić information content (AvgIpc) is 2.80. The number of carbonyl (C=O) groups excluding carboxylic acids is 1. The van der Waals surface area contributed by atoms with Crippen molar-refractivity contribution in [2.45, 2.75) is 39.2 Å². The van der Waals surface area contributed by atoms with E-state index in [-0.39, 0.29) is 6.61 Å². The number of hydrogen-bond acceptors (Lipinski definition) is 5. The number of ether oxygens (including phenoxy) is 1. The lowest BCUT2D eigenvalue weighted by atomic mass is 10.1. The molecule has 0 radical (unpaired) electrons. The molecule has 1 heterocycles. The summed E-state index contributed by atoms with van der Waals surface area (Å²) in [5, 5.41) is 5.71. The summed E-state index contributed by atoms with van der Waals surface area (Å²) in [6.45, 7) is 5.41. The minimum absolute atomic E-state index is 0.00915. The van der Waals surface area contributed by atoms with Crippen molar-refractivity contribution in [1.82, 2.24) is 4.57 Å². The van der Waals surface area contributed by atoms with Gasteiger partial charge in [-0.05, 0) is 45.2 Å². The molecule has 2 aromatic rings. The van der Waals surface area contributed by atoms with Crippen molar-refractivity contribution in [3.63, 3.8) is 0 Å². The summed E-state index contributed by atoms with van der Waals surface area (Å²) in [5.41, 5.74) is 1.06. The molecule has 8 heteroatoms. The van der Waals surface area contributed by atoms with Gasteiger partial charge in [-0.15, -0.1) is 0 Å². The number of aromatic nitrogens is 1. The summed E-state index contributed by atoms with van der Waals surface area (Å²) in [6.07, 6.45) is 2.27. The first-order valence-corrected chi connectivity index (χ1v) is 9.03. The van der Waals surface area contributed by atoms with Crippen LogP contribution in [0, 0.1) is 0 Å². The molecular formula is C16H22N2O5S. The van der Waals surface area contributed by atoms with Crippen LogP contribution in [-0.4, -0.2) is 31.3 Å². The third-order valence-electron chi connectivity index (χ3n) is 3.22. The topological polar surface area (TPSA) is 101 Å². The number of fused-ring (bicyclic) bond motifs is 1. The number of rotatable bonds is 5. The summed E-state index contributed by atoms with van der Waals surface area (Å²) in [5.74, 6) is 0. The number of nitrogens with two attached hydrogens (primary N) is 1. The predicted octanol–water partition coefficient (Wildman–Crippen LogP) is 2.58. The van der Waals surface area contributed by atoms with E-state index in [2.05, 4.69) is 4.18 Å². The summed E-state index contributed by atoms with van der Waals surface area (Å²) in [6, 6.07) is 7.47. The molecule has 132 valence electrons. The van der Waals surface area contributed by atoms with Crippen LogP contribution in [-0.2, 0) is 25.6 Å². The minimum Gasteiger partial charge on any atom is -0.443 e. The van der Waals surface area contributed by atoms with Gasteiger partial charge >= 0.3 is 16.4 Å². The van der Waals surface area contributed by atoms with Gasteiger partial charge in [-0.2, -0.15) is 8.42 Å². The Labute approximate surface area is 141 Å². The minimum atomic E-state index is -3.93. The van der Waals surface area contributed by atoms with Gasteiger partial charge in [-0.3, -0.25) is 8.75 Å². The molecule has 0 amide bonds. The molecule has 24 heavy (non-hydrogen) atoms. The molecular weight excluding hydrogens is 332 g/mol. The Morgan fingerprint density at radius 3 is 2.54 bits per heavy atom. The van der Waals surface area contributed by atoms with Crippen LogP contribution in [0.4, 0.5) is 4.79 Å². The van der Waals surface area contributed by atoms with Crippen LogP contribution < -0.4 is 5.14 Å². The van der Waals surface area contributed by atoms with E-state index in [0.29, 0.717) is 12.8 Å². The molecule has 0 saturated carbocycles. The third kappa shape index (κ3) is 5.05. The summed E-state index contributed by atoms with van der Waals surface area (Å²) >= 11 is 0. The van der Waals surface area contributed by atoms with Crippen LogP contribution in [0.15, 0.2) is 30.5 Å². The average molecular weight is 354 g/mol. The predicted molar refractivity (Wildman–Crippen MR) is 91.0 cm³/mol. The Bertz CT molecular complexity index is 834. The Morgan fingerprint density at radius 2 is 1.92 bits per heavy atom. The molecule has 2 rings (SSSR count). The highest BCUT2D eigenvalue weighted by atomic mass is 32.2. The van der Waals surface area contributed by atoms with Crippen molar-refractivity contribution in [2.24, 2.45) is 5.14 Å². The van der Waals surface area contributed by atoms with Crippen LogP contribution in [0.3, 0.4) is 0 Å². The van der Waals surface area contributed by atoms with E-state index < -0.39 is 22.0 Å². The van der Waals surface area contributed by atoms with Gasteiger partial charge in [0.2, 0.25) is 0 Å². The second kappa shape index (κ2) is 6.92. The van der Waals surface area contributed by atoms with E-state index in [1.165, 1.54) is 4.57 Å². The zero-order chi connectivity index (χ0) is 18.0. The van der Waals surface area contributed by atoms with Gasteiger partial charge in [-0.1, -0.05) is 18.2 Å². The fourth-order valence-corrected chi connectivity index (χ4v) is 2.70. The number of para-hydroxylation sites is 1. The van der Waals surface area contributed by atoms with Gasteiger partial charge in [-0.25, -0.2) is 9.93 Å². The Morgan fingerprint density at radius 1 is 1.25 bits per heavy atom. The fourth-order valence-electron chi connectivity index (χ4n) is 2.35. The van der Waals surface area contributed by atoms with Crippen molar-refractivity contribution >= 4 is 27.3 Å². The van der Waals surface area contributed by atoms with Gasteiger partial charge < -0.3 is 4.74 Å². The van der Waals surface area contributed by atoms with E-state index in [1.807, 2.05) is 45.0 Å². The van der Waals surface area contributed by atoms with Gasteiger partial charge in [0.15, 0.2) is 0 Å². The van der Waals surface area contributed by atoms with Gasteiger partial charge in [0.25, 0.3) is 0 Å². The van der Waals surface area contributed by atoms with Gasteiger partial charge in [0.05, 0.1) is 12.1 Å². The molecule has 0 aliphatic rings. The molecule has 0 saturated heterocycles. The quantitative estimate of drug-likeness (QED) is 0.832. The molecule has 7 nitrogen and oxygen atoms in total. The van der Waals surface area contributed by atoms with E-state index >= 15 is 0 Å². The lowest BCUT2D eigenvalue weighted by molar-refractivity contribution is 0.0544. The van der Waals surface area contributed by atoms with Crippen molar-refractivity contribution in [3.8, 4) is 0 Å². The number of hydrogen-bond donors (Lipinski definition) is 1. The molecule has 1 aromatic carbocycles. The summed E-state index contributed by atoms with van der Waals surface area (Å²) in [4.78, 5) is 12.4. The van der Waals surface area contributed by atoms with Crippen LogP contribution in [0.25, 0.3) is 10.9 Å². The summed E-state index contributed by atoms with van der Waals surface area (Å²) in [7, 11) is -3.93. The lowest BCUT2D eigenvalue weighted by Crippen LogP contribution is -2.26. The van der Waals surface area contributed by atoms with E-state index in [4.69, 9.17) is 9.88 Å². The van der Waals surface area contributed by atoms with Crippen LogP contribution in [0.1, 0.15) is 32.8 Å². The molecule has 1 aromatic heterocycles. The number of benzene rings is 1. The highest BCUT2D eigenvalue weighted by Crippen LogP contribution is 2.24. The van der Waals surface area contributed by atoms with E-state index in [1.54, 1.807) is 6.20 Å². The Hall–Kier alpha value is -1.90. The first kappa shape index (κ1) is 18.4. The largest absolute Gasteiger partial charge is 0.443 e. The van der Waals surface area contributed by atoms with E-state index in [9.17, 15) is 13.2 Å². The maximum absolute atomic E-state index is 12.4. The van der Waals surface area contributed by atoms with Crippen molar-refractivity contribution in [3.05, 3.63) is 36.0 Å². The highest BCUT2D eigenvalue weighted by Gasteiger charge is 2.20. The second-order valence-corrected chi connectivity index (χ2v) is 7.66. The molecule has 0 atom stereocenters. The van der Waals surface area contributed by atoms with Crippen LogP contribution >= 0.6 is 0 Å². The third-order valence-corrected chi connectivity index (χ3v) is 3.72. The summed E-state index contributed by atoms with van der Waals surface area (Å²) < 4.78 is 33.0. The van der Waals surface area contributed by atoms with Crippen LogP contribution in [0.5, 0.6) is 0 Å². The molecule has 0 aliphatic heterocycles. The van der Waals surface area contributed by atoms with Crippen molar-refractivity contribution in [2.75, 3.05) is 6.61 Å². The lowest BCUT2D eigenvalue weighted by Gasteiger charge is -2.19. The molecule has 2 N–H and O–H groups in total. The Balaban J connectivity index is 2.21.